The second kappa shape index (κ2) is 5.44. The molecule has 0 saturated carbocycles. The zero-order chi connectivity index (χ0) is 13.2. The number of likely N-dealkylation sites (tertiary alicyclic amines) is 1. The van der Waals surface area contributed by atoms with Gasteiger partial charge in [0.2, 0.25) is 0 Å². The first kappa shape index (κ1) is 13.6. The fourth-order valence-electron chi connectivity index (χ4n) is 2.80. The molecule has 1 nitrogen and oxygen atoms in total. The highest BCUT2D eigenvalue weighted by Crippen LogP contribution is 2.23. The van der Waals surface area contributed by atoms with Gasteiger partial charge in [-0.1, -0.05) is 52.0 Å². The molecule has 2 rings (SSSR count). The summed E-state index contributed by atoms with van der Waals surface area (Å²) in [6.45, 7) is 12.8. The molecule has 1 aliphatic heterocycles. The van der Waals surface area contributed by atoms with Crippen LogP contribution < -0.4 is 0 Å². The average Bonchev–Trinajstić information content (AvgIpc) is 2.28. The molecular formula is C17H27N. The molecule has 0 spiro atoms. The minimum Gasteiger partial charge on any atom is -0.299 e. The summed E-state index contributed by atoms with van der Waals surface area (Å²) in [5, 5.41) is 0. The van der Waals surface area contributed by atoms with E-state index in [4.69, 9.17) is 0 Å². The van der Waals surface area contributed by atoms with Crippen LogP contribution in [0.3, 0.4) is 0 Å². The Morgan fingerprint density at radius 2 is 1.83 bits per heavy atom. The molecule has 1 atom stereocenters. The first-order chi connectivity index (χ1) is 8.45. The van der Waals surface area contributed by atoms with Gasteiger partial charge >= 0.3 is 0 Å². The van der Waals surface area contributed by atoms with E-state index in [2.05, 4.69) is 56.9 Å². The van der Waals surface area contributed by atoms with E-state index in [1.54, 1.807) is 0 Å². The first-order valence-corrected chi connectivity index (χ1v) is 7.27. The fraction of sp³-hybridized carbons (Fsp3) is 0.647. The summed E-state index contributed by atoms with van der Waals surface area (Å²) in [5.74, 6) is 0.868. The van der Waals surface area contributed by atoms with Crippen LogP contribution in [0.1, 0.15) is 51.7 Å². The van der Waals surface area contributed by atoms with Crippen LogP contribution in [0.25, 0.3) is 0 Å². The van der Waals surface area contributed by atoms with Gasteiger partial charge in [-0.25, -0.2) is 0 Å². The van der Waals surface area contributed by atoms with E-state index >= 15 is 0 Å². The van der Waals surface area contributed by atoms with Gasteiger partial charge in [-0.05, 0) is 41.8 Å². The Hall–Kier alpha value is -0.820. The van der Waals surface area contributed by atoms with Gasteiger partial charge in [-0.3, -0.25) is 4.90 Å². The molecule has 100 valence electrons. The van der Waals surface area contributed by atoms with Gasteiger partial charge < -0.3 is 0 Å². The zero-order valence-corrected chi connectivity index (χ0v) is 12.4. The molecule has 0 aromatic heterocycles. The summed E-state index contributed by atoms with van der Waals surface area (Å²) in [7, 11) is 0. The summed E-state index contributed by atoms with van der Waals surface area (Å²) in [6, 6.07) is 9.20. The van der Waals surface area contributed by atoms with Crippen molar-refractivity contribution < 1.29 is 0 Å². The van der Waals surface area contributed by atoms with Crippen LogP contribution in [-0.2, 0) is 12.0 Å². The summed E-state index contributed by atoms with van der Waals surface area (Å²) in [4.78, 5) is 2.60. The van der Waals surface area contributed by atoms with Crippen LogP contribution >= 0.6 is 0 Å². The van der Waals surface area contributed by atoms with E-state index in [0.717, 1.165) is 12.5 Å². The molecule has 0 amide bonds. The van der Waals surface area contributed by atoms with Crippen molar-refractivity contribution in [1.82, 2.24) is 4.90 Å². The Morgan fingerprint density at radius 1 is 1.17 bits per heavy atom. The van der Waals surface area contributed by atoms with Gasteiger partial charge in [0.25, 0.3) is 0 Å². The maximum Gasteiger partial charge on any atom is 0.0233 e. The van der Waals surface area contributed by atoms with Crippen molar-refractivity contribution in [3.8, 4) is 0 Å². The van der Waals surface area contributed by atoms with E-state index in [0.29, 0.717) is 0 Å². The summed E-state index contributed by atoms with van der Waals surface area (Å²) < 4.78 is 0. The number of hydrogen-bond acceptors (Lipinski definition) is 1. The van der Waals surface area contributed by atoms with Gasteiger partial charge in [0.15, 0.2) is 0 Å². The monoisotopic (exact) mass is 245 g/mol. The molecule has 1 heteroatoms. The highest BCUT2D eigenvalue weighted by atomic mass is 15.1. The van der Waals surface area contributed by atoms with Crippen molar-refractivity contribution in [2.24, 2.45) is 5.92 Å². The second-order valence-electron chi connectivity index (χ2n) is 6.93. The normalized spacial score (nSPS) is 22.1. The molecule has 1 aliphatic rings. The van der Waals surface area contributed by atoms with Gasteiger partial charge in [0.1, 0.15) is 0 Å². The van der Waals surface area contributed by atoms with Crippen molar-refractivity contribution >= 4 is 0 Å². The predicted octanol–water partition coefficient (Wildman–Crippen LogP) is 4.22. The number of benzene rings is 1. The van der Waals surface area contributed by atoms with Crippen molar-refractivity contribution in [2.45, 2.75) is 52.5 Å². The van der Waals surface area contributed by atoms with E-state index in [9.17, 15) is 0 Å². The van der Waals surface area contributed by atoms with E-state index < -0.39 is 0 Å². The quantitative estimate of drug-likeness (QED) is 0.754. The summed E-state index contributed by atoms with van der Waals surface area (Å²) in [5.41, 5.74) is 3.15. The predicted molar refractivity (Wildman–Crippen MR) is 78.8 cm³/mol. The Labute approximate surface area is 112 Å². The smallest absolute Gasteiger partial charge is 0.0233 e. The van der Waals surface area contributed by atoms with Crippen LogP contribution in [0, 0.1) is 5.92 Å². The fourth-order valence-corrected chi connectivity index (χ4v) is 2.80. The van der Waals surface area contributed by atoms with Gasteiger partial charge in [0, 0.05) is 13.1 Å². The van der Waals surface area contributed by atoms with Gasteiger partial charge in [-0.15, -0.1) is 0 Å². The molecule has 1 heterocycles. The van der Waals surface area contributed by atoms with Crippen LogP contribution in [0.5, 0.6) is 0 Å². The lowest BCUT2D eigenvalue weighted by molar-refractivity contribution is 0.176. The Morgan fingerprint density at radius 3 is 2.39 bits per heavy atom. The van der Waals surface area contributed by atoms with Crippen molar-refractivity contribution in [1.29, 1.82) is 0 Å². The maximum atomic E-state index is 2.60. The number of rotatable bonds is 2. The molecule has 0 bridgehead atoms. The average molecular weight is 245 g/mol. The zero-order valence-electron chi connectivity index (χ0n) is 12.4. The third-order valence-corrected chi connectivity index (χ3v) is 3.97. The first-order valence-electron chi connectivity index (χ1n) is 7.27. The minimum atomic E-state index is 0.262. The highest BCUT2D eigenvalue weighted by Gasteiger charge is 2.17. The number of nitrogens with zero attached hydrogens (tertiary/aromatic N) is 1. The Bertz CT molecular complexity index is 372. The molecule has 0 unspecified atom stereocenters. The molecule has 18 heavy (non-hydrogen) atoms. The standard InChI is InChI=1S/C17H27N/c1-14-6-5-11-18(12-14)13-15-7-9-16(10-8-15)17(2,3)4/h7-10,14H,5-6,11-13H2,1-4H3/t14-/m1/s1. The largest absolute Gasteiger partial charge is 0.299 e. The van der Waals surface area contributed by atoms with Crippen molar-refractivity contribution in [3.05, 3.63) is 35.4 Å². The van der Waals surface area contributed by atoms with Crippen LogP contribution in [0.15, 0.2) is 24.3 Å². The lowest BCUT2D eigenvalue weighted by atomic mass is 9.86. The third-order valence-electron chi connectivity index (χ3n) is 3.97. The van der Waals surface area contributed by atoms with Crippen molar-refractivity contribution in [2.75, 3.05) is 13.1 Å². The van der Waals surface area contributed by atoms with Crippen LogP contribution in [0.2, 0.25) is 0 Å². The molecule has 1 fully saturated rings. The Kier molecular flexibility index (Phi) is 4.11. The molecule has 0 N–H and O–H groups in total. The maximum absolute atomic E-state index is 2.60. The second-order valence-corrected chi connectivity index (χ2v) is 6.93. The lowest BCUT2D eigenvalue weighted by Crippen LogP contribution is -2.33. The van der Waals surface area contributed by atoms with E-state index in [1.807, 2.05) is 0 Å². The molecule has 0 aliphatic carbocycles. The van der Waals surface area contributed by atoms with Crippen LogP contribution in [0.4, 0.5) is 0 Å². The molecule has 1 aromatic rings. The molecule has 1 aromatic carbocycles. The van der Waals surface area contributed by atoms with E-state index in [-0.39, 0.29) is 5.41 Å². The van der Waals surface area contributed by atoms with Crippen LogP contribution in [-0.4, -0.2) is 18.0 Å². The summed E-state index contributed by atoms with van der Waals surface area (Å²) >= 11 is 0. The summed E-state index contributed by atoms with van der Waals surface area (Å²) in [6.07, 6.45) is 2.76. The minimum absolute atomic E-state index is 0.262. The van der Waals surface area contributed by atoms with Crippen molar-refractivity contribution in [3.63, 3.8) is 0 Å². The molecular weight excluding hydrogens is 218 g/mol. The van der Waals surface area contributed by atoms with Gasteiger partial charge in [0.05, 0.1) is 0 Å². The van der Waals surface area contributed by atoms with E-state index in [1.165, 1.54) is 37.1 Å². The third kappa shape index (κ3) is 3.58. The Balaban J connectivity index is 1.98. The highest BCUT2D eigenvalue weighted by molar-refractivity contribution is 5.27. The molecule has 0 radical (unpaired) electrons. The number of piperidine rings is 1. The number of hydrogen-bond donors (Lipinski definition) is 0. The lowest BCUT2D eigenvalue weighted by Gasteiger charge is -2.31. The molecule has 1 saturated heterocycles. The SMILES string of the molecule is C[C@@H]1CCCN(Cc2ccc(C(C)(C)C)cc2)C1. The topological polar surface area (TPSA) is 3.24 Å². The van der Waals surface area contributed by atoms with Gasteiger partial charge in [-0.2, -0.15) is 0 Å².